The van der Waals surface area contributed by atoms with Gasteiger partial charge in [-0.3, -0.25) is 4.98 Å². The number of alkyl halides is 2. The summed E-state index contributed by atoms with van der Waals surface area (Å²) in [6.45, 7) is 3.66. The maximum atomic E-state index is 14.6. The number of urea groups is 1. The molecule has 2 heterocycles. The van der Waals surface area contributed by atoms with Gasteiger partial charge >= 0.3 is 6.03 Å². The quantitative estimate of drug-likeness (QED) is 0.403. The van der Waals surface area contributed by atoms with E-state index in [-0.39, 0.29) is 49.8 Å². The van der Waals surface area contributed by atoms with E-state index < -0.39 is 17.8 Å². The largest absolute Gasteiger partial charge is 0.373 e. The highest BCUT2D eigenvalue weighted by molar-refractivity contribution is 5.92. The number of fused-ring (bicyclic) bond motifs is 1. The van der Waals surface area contributed by atoms with Crippen LogP contribution in [0.1, 0.15) is 36.9 Å². The first-order chi connectivity index (χ1) is 15.6. The lowest BCUT2D eigenvalue weighted by atomic mass is 9.92. The van der Waals surface area contributed by atoms with E-state index in [0.29, 0.717) is 11.4 Å². The average Bonchev–Trinajstić information content (AvgIpc) is 2.76. The minimum absolute atomic E-state index is 0. The third-order valence-electron chi connectivity index (χ3n) is 6.05. The van der Waals surface area contributed by atoms with Gasteiger partial charge in [-0.2, -0.15) is 0 Å². The van der Waals surface area contributed by atoms with E-state index in [0.717, 1.165) is 27.7 Å². The second-order valence-corrected chi connectivity index (χ2v) is 8.51. The van der Waals surface area contributed by atoms with Crippen LogP contribution in [0.25, 0.3) is 22.0 Å². The first kappa shape index (κ1) is 25.6. The zero-order chi connectivity index (χ0) is 23.8. The zero-order valence-corrected chi connectivity index (χ0v) is 20.0. The molecule has 0 saturated heterocycles. The molecule has 1 fully saturated rings. The molecule has 0 unspecified atom stereocenters. The van der Waals surface area contributed by atoms with Crippen LogP contribution in [0, 0.1) is 19.7 Å². The number of aromatic nitrogens is 2. The van der Waals surface area contributed by atoms with Gasteiger partial charge in [-0.1, -0.05) is 0 Å². The fraction of sp³-hybridized carbons (Fsp3) is 0.375. The normalized spacial score (nSPS) is 15.5. The molecule has 3 aromatic rings. The molecule has 6 nitrogen and oxygen atoms in total. The van der Waals surface area contributed by atoms with Crippen LogP contribution in [0.4, 0.5) is 29.5 Å². The van der Waals surface area contributed by atoms with E-state index in [1.807, 2.05) is 19.1 Å². The van der Waals surface area contributed by atoms with Crippen molar-refractivity contribution in [1.82, 2.24) is 15.3 Å². The SMILES string of the molecule is CNc1cc2nc(C)c(-c3cc(NC(=O)NC4CCC(F)(F)CC4)c(F)cc3C)cc2cn1.Cl. The van der Waals surface area contributed by atoms with Crippen LogP contribution in [0.5, 0.6) is 0 Å². The molecule has 0 radical (unpaired) electrons. The fourth-order valence-corrected chi connectivity index (χ4v) is 4.16. The van der Waals surface area contributed by atoms with Crippen molar-refractivity contribution >= 4 is 40.8 Å². The molecule has 4 rings (SSSR count). The molecule has 2 amide bonds. The van der Waals surface area contributed by atoms with Crippen molar-refractivity contribution in [2.75, 3.05) is 17.7 Å². The van der Waals surface area contributed by atoms with Gasteiger partial charge in [0.1, 0.15) is 11.6 Å². The summed E-state index contributed by atoms with van der Waals surface area (Å²) in [4.78, 5) is 21.4. The van der Waals surface area contributed by atoms with Crippen LogP contribution < -0.4 is 16.0 Å². The van der Waals surface area contributed by atoms with E-state index in [1.165, 1.54) is 6.07 Å². The maximum Gasteiger partial charge on any atom is 0.319 e. The smallest absolute Gasteiger partial charge is 0.319 e. The molecule has 10 heteroatoms. The highest BCUT2D eigenvalue weighted by atomic mass is 35.5. The molecule has 182 valence electrons. The Kier molecular flexibility index (Phi) is 7.55. The number of amides is 2. The summed E-state index contributed by atoms with van der Waals surface area (Å²) in [7, 11) is 1.78. The Morgan fingerprint density at radius 1 is 1.09 bits per heavy atom. The number of aryl methyl sites for hydroxylation is 2. The molecule has 0 bridgehead atoms. The molecule has 0 aliphatic heterocycles. The third kappa shape index (κ3) is 5.52. The highest BCUT2D eigenvalue weighted by Gasteiger charge is 2.35. The van der Waals surface area contributed by atoms with Crippen molar-refractivity contribution < 1.29 is 18.0 Å². The number of hydrogen-bond acceptors (Lipinski definition) is 4. The van der Waals surface area contributed by atoms with E-state index in [2.05, 4.69) is 25.9 Å². The first-order valence-electron chi connectivity index (χ1n) is 10.9. The molecule has 0 atom stereocenters. The summed E-state index contributed by atoms with van der Waals surface area (Å²) in [5.41, 5.74) is 3.77. The van der Waals surface area contributed by atoms with Crippen molar-refractivity contribution in [2.24, 2.45) is 0 Å². The van der Waals surface area contributed by atoms with Gasteiger partial charge in [-0.15, -0.1) is 12.4 Å². The summed E-state index contributed by atoms with van der Waals surface area (Å²) in [5, 5.41) is 9.03. The van der Waals surface area contributed by atoms with Crippen LogP contribution in [0.3, 0.4) is 0 Å². The topological polar surface area (TPSA) is 78.9 Å². The number of carbonyl (C=O) groups excluding carboxylic acids is 1. The van der Waals surface area contributed by atoms with Crippen molar-refractivity contribution in [3.8, 4) is 11.1 Å². The van der Waals surface area contributed by atoms with Crippen LogP contribution in [-0.2, 0) is 0 Å². The zero-order valence-electron chi connectivity index (χ0n) is 19.1. The van der Waals surface area contributed by atoms with Gasteiger partial charge in [-0.05, 0) is 56.0 Å². The van der Waals surface area contributed by atoms with E-state index in [1.54, 1.807) is 26.2 Å². The Labute approximate surface area is 202 Å². The molecule has 34 heavy (non-hydrogen) atoms. The van der Waals surface area contributed by atoms with Crippen LogP contribution in [0.15, 0.2) is 30.5 Å². The van der Waals surface area contributed by atoms with Gasteiger partial charge in [0.05, 0.1) is 11.2 Å². The van der Waals surface area contributed by atoms with Crippen molar-refractivity contribution in [3.63, 3.8) is 0 Å². The van der Waals surface area contributed by atoms with Gasteiger partial charge in [0.2, 0.25) is 5.92 Å². The number of hydrogen-bond donors (Lipinski definition) is 3. The minimum Gasteiger partial charge on any atom is -0.373 e. The molecule has 1 aliphatic carbocycles. The summed E-state index contributed by atoms with van der Waals surface area (Å²) in [5.74, 6) is -2.55. The lowest BCUT2D eigenvalue weighted by molar-refractivity contribution is -0.0394. The number of nitrogens with one attached hydrogen (secondary N) is 3. The number of anilines is 2. The maximum absolute atomic E-state index is 14.6. The summed E-state index contributed by atoms with van der Waals surface area (Å²) < 4.78 is 41.3. The number of rotatable bonds is 4. The van der Waals surface area contributed by atoms with Crippen LogP contribution in [-0.4, -0.2) is 35.0 Å². The predicted molar refractivity (Wildman–Crippen MR) is 131 cm³/mol. The Balaban J connectivity index is 0.00000324. The second kappa shape index (κ2) is 10.0. The molecular weight excluding hydrogens is 467 g/mol. The molecule has 1 aliphatic rings. The molecule has 3 N–H and O–H groups in total. The van der Waals surface area contributed by atoms with Crippen LogP contribution in [0.2, 0.25) is 0 Å². The standard InChI is InChI=1S/C24H26F3N5O.ClH/c1-13-8-19(25)21(32-23(33)31-16-4-6-24(26,27)7-5-16)10-17(13)18-9-15-12-29-22(28-3)11-20(15)30-14(18)2;/h8-12,16H,4-7H2,1-3H3,(H,28,29)(H2,31,32,33);1H. The Morgan fingerprint density at radius 3 is 2.47 bits per heavy atom. The van der Waals surface area contributed by atoms with Gasteiger partial charge in [0, 0.05) is 54.8 Å². The Bertz CT molecular complexity index is 1210. The van der Waals surface area contributed by atoms with E-state index in [9.17, 15) is 18.0 Å². The van der Waals surface area contributed by atoms with Gasteiger partial charge in [0.15, 0.2) is 0 Å². The van der Waals surface area contributed by atoms with Crippen molar-refractivity contribution in [2.45, 2.75) is 51.5 Å². The number of nitrogens with zero attached hydrogens (tertiary/aromatic N) is 2. The average molecular weight is 494 g/mol. The molecular formula is C24H27ClF3N5O. The lowest BCUT2D eigenvalue weighted by Crippen LogP contribution is -2.42. The minimum atomic E-state index is -2.68. The summed E-state index contributed by atoms with van der Waals surface area (Å²) in [6.07, 6.45) is 1.57. The number of benzene rings is 1. The van der Waals surface area contributed by atoms with E-state index >= 15 is 0 Å². The van der Waals surface area contributed by atoms with Gasteiger partial charge in [-0.25, -0.2) is 22.9 Å². The van der Waals surface area contributed by atoms with Crippen molar-refractivity contribution in [3.05, 3.63) is 47.5 Å². The molecule has 0 spiro atoms. The molecule has 1 saturated carbocycles. The molecule has 2 aromatic heterocycles. The highest BCUT2D eigenvalue weighted by Crippen LogP contribution is 2.34. The third-order valence-corrected chi connectivity index (χ3v) is 6.05. The second-order valence-electron chi connectivity index (χ2n) is 8.51. The van der Waals surface area contributed by atoms with Gasteiger partial charge in [0.25, 0.3) is 0 Å². The Hall–Kier alpha value is -3.07. The fourth-order valence-electron chi connectivity index (χ4n) is 4.16. The van der Waals surface area contributed by atoms with E-state index in [4.69, 9.17) is 0 Å². The summed E-state index contributed by atoms with van der Waals surface area (Å²) in [6, 6.07) is 5.75. The van der Waals surface area contributed by atoms with Crippen molar-refractivity contribution in [1.29, 1.82) is 0 Å². The number of carbonyl (C=O) groups is 1. The first-order valence-corrected chi connectivity index (χ1v) is 10.9. The Morgan fingerprint density at radius 2 is 1.79 bits per heavy atom. The van der Waals surface area contributed by atoms with Crippen LogP contribution >= 0.6 is 12.4 Å². The predicted octanol–water partition coefficient (Wildman–Crippen LogP) is 6.22. The number of halogens is 4. The van der Waals surface area contributed by atoms with Gasteiger partial charge < -0.3 is 16.0 Å². The number of pyridine rings is 2. The summed E-state index contributed by atoms with van der Waals surface area (Å²) >= 11 is 0. The lowest BCUT2D eigenvalue weighted by Gasteiger charge is -2.28. The molecule has 1 aromatic carbocycles. The monoisotopic (exact) mass is 493 g/mol.